The van der Waals surface area contributed by atoms with E-state index < -0.39 is 29.2 Å². The Balaban J connectivity index is 1.70. The number of benzene rings is 1. The lowest BCUT2D eigenvalue weighted by Gasteiger charge is -2.45. The number of carbonyl (C=O) groups excluding carboxylic acids is 1. The lowest BCUT2D eigenvalue weighted by Crippen LogP contribution is -2.51. The zero-order valence-corrected chi connectivity index (χ0v) is 17.6. The van der Waals surface area contributed by atoms with E-state index in [1.54, 1.807) is 25.7 Å². The highest BCUT2D eigenvalue weighted by Gasteiger charge is 2.48. The van der Waals surface area contributed by atoms with Crippen LogP contribution < -0.4 is 4.74 Å². The summed E-state index contributed by atoms with van der Waals surface area (Å²) in [6.45, 7) is 5.96. The van der Waals surface area contributed by atoms with Gasteiger partial charge < -0.3 is 18.9 Å². The van der Waals surface area contributed by atoms with E-state index in [1.165, 1.54) is 28.8 Å². The van der Waals surface area contributed by atoms with Gasteiger partial charge in [-0.1, -0.05) is 11.6 Å². The maximum Gasteiger partial charge on any atom is 0.431 e. The number of aromatic nitrogens is 1. The summed E-state index contributed by atoms with van der Waals surface area (Å²) in [6.07, 6.45) is -4.30. The lowest BCUT2D eigenvalue weighted by molar-refractivity contribution is -0.143. The molecule has 9 heteroatoms. The van der Waals surface area contributed by atoms with E-state index in [-0.39, 0.29) is 0 Å². The van der Waals surface area contributed by atoms with Gasteiger partial charge >= 0.3 is 12.3 Å². The number of fused-ring (bicyclic) bond motifs is 4. The number of halogens is 4. The minimum Gasteiger partial charge on any atom is -0.479 e. The minimum absolute atomic E-state index is 0.294. The lowest BCUT2D eigenvalue weighted by atomic mass is 9.86. The zero-order chi connectivity index (χ0) is 21.9. The van der Waals surface area contributed by atoms with Crippen molar-refractivity contribution in [1.29, 1.82) is 0 Å². The first-order valence-electron chi connectivity index (χ1n) is 9.66. The Morgan fingerprint density at radius 1 is 1.13 bits per heavy atom. The summed E-state index contributed by atoms with van der Waals surface area (Å²) in [5.41, 5.74) is -1.65. The summed E-state index contributed by atoms with van der Waals surface area (Å²) in [5, 5.41) is 0.374. The Kier molecular flexibility index (Phi) is 4.76. The molecule has 1 fully saturated rings. The molecule has 1 spiro atoms. The van der Waals surface area contributed by atoms with Crippen LogP contribution in [0, 0.1) is 0 Å². The van der Waals surface area contributed by atoms with Crippen LogP contribution in [0.5, 0.6) is 5.75 Å². The molecule has 0 radical (unpaired) electrons. The number of rotatable bonds is 0. The molecule has 2 aromatic rings. The molecule has 0 unspecified atom stereocenters. The molecule has 4 rings (SSSR count). The molecular formula is C21H22ClF3N2O3. The van der Waals surface area contributed by atoms with Crippen LogP contribution in [0.15, 0.2) is 30.3 Å². The molecule has 0 bridgehead atoms. The van der Waals surface area contributed by atoms with Crippen LogP contribution in [0.2, 0.25) is 5.02 Å². The Hall–Kier alpha value is -2.35. The van der Waals surface area contributed by atoms with Gasteiger partial charge in [0.05, 0.1) is 11.4 Å². The average molecular weight is 443 g/mol. The molecule has 0 N–H and O–H groups in total. The summed E-state index contributed by atoms with van der Waals surface area (Å²) in [5.74, 6) is 0.294. The van der Waals surface area contributed by atoms with Gasteiger partial charge in [-0.25, -0.2) is 4.79 Å². The van der Waals surface area contributed by atoms with Crippen LogP contribution >= 0.6 is 11.6 Å². The summed E-state index contributed by atoms with van der Waals surface area (Å²) < 4.78 is 54.0. The van der Waals surface area contributed by atoms with Crippen LogP contribution in [-0.2, 0) is 16.5 Å². The van der Waals surface area contributed by atoms with E-state index in [0.29, 0.717) is 48.1 Å². The first-order chi connectivity index (χ1) is 13.9. The number of hydrogen-bond donors (Lipinski definition) is 0. The third-order valence-corrected chi connectivity index (χ3v) is 5.56. The first-order valence-corrected chi connectivity index (χ1v) is 10.0. The fourth-order valence-corrected chi connectivity index (χ4v) is 4.19. The number of hydrogen-bond acceptors (Lipinski definition) is 3. The number of likely N-dealkylation sites (tertiary alicyclic amines) is 1. The summed E-state index contributed by atoms with van der Waals surface area (Å²) in [4.78, 5) is 14.0. The predicted molar refractivity (Wildman–Crippen MR) is 105 cm³/mol. The van der Waals surface area contributed by atoms with Crippen LogP contribution in [-0.4, -0.2) is 34.3 Å². The predicted octanol–water partition coefficient (Wildman–Crippen LogP) is 5.77. The molecule has 0 atom stereocenters. The van der Waals surface area contributed by atoms with Gasteiger partial charge in [0.15, 0.2) is 5.60 Å². The standard InChI is InChI=1S/C21H22ClF3N2O3/c1-19(2,3)30-18(28)26-10-8-20(9-11-26)16-6-7-17(21(23,24)25)27(16)14-5-4-13(22)12-15(14)29-20/h4-7,12H,8-11H2,1-3H3. The van der Waals surface area contributed by atoms with Gasteiger partial charge in [0.1, 0.15) is 17.0 Å². The van der Waals surface area contributed by atoms with E-state index in [9.17, 15) is 18.0 Å². The molecule has 5 nitrogen and oxygen atoms in total. The van der Waals surface area contributed by atoms with Crippen LogP contribution in [0.25, 0.3) is 5.69 Å². The van der Waals surface area contributed by atoms with Crippen LogP contribution in [0.1, 0.15) is 45.0 Å². The highest BCUT2D eigenvalue weighted by atomic mass is 35.5. The highest BCUT2D eigenvalue weighted by molar-refractivity contribution is 6.30. The van der Waals surface area contributed by atoms with Crippen molar-refractivity contribution < 1.29 is 27.4 Å². The quantitative estimate of drug-likeness (QED) is 0.520. The van der Waals surface area contributed by atoms with Gasteiger partial charge in [-0.15, -0.1) is 0 Å². The summed E-state index contributed by atoms with van der Waals surface area (Å²) in [6, 6.07) is 7.13. The third kappa shape index (κ3) is 3.62. The molecule has 2 aliphatic heterocycles. The van der Waals surface area contributed by atoms with Gasteiger partial charge in [0.25, 0.3) is 0 Å². The second kappa shape index (κ2) is 6.83. The van der Waals surface area contributed by atoms with Gasteiger partial charge in [0, 0.05) is 37.0 Å². The minimum atomic E-state index is -4.52. The Bertz CT molecular complexity index is 986. The SMILES string of the molecule is CC(C)(C)OC(=O)N1CCC2(CC1)Oc1cc(Cl)ccc1-n1c(C(F)(F)F)ccc12. The van der Waals surface area contributed by atoms with Crippen molar-refractivity contribution in [3.8, 4) is 11.4 Å². The molecule has 30 heavy (non-hydrogen) atoms. The summed E-state index contributed by atoms with van der Waals surface area (Å²) >= 11 is 6.08. The molecule has 1 aromatic heterocycles. The number of ether oxygens (including phenoxy) is 2. The zero-order valence-electron chi connectivity index (χ0n) is 16.8. The second-order valence-electron chi connectivity index (χ2n) is 8.61. The monoisotopic (exact) mass is 442 g/mol. The molecule has 3 heterocycles. The number of amides is 1. The topological polar surface area (TPSA) is 43.7 Å². The van der Waals surface area contributed by atoms with E-state index >= 15 is 0 Å². The fraction of sp³-hybridized carbons (Fsp3) is 0.476. The van der Waals surface area contributed by atoms with Gasteiger partial charge in [-0.05, 0) is 45.0 Å². The third-order valence-electron chi connectivity index (χ3n) is 5.33. The maximum atomic E-state index is 13.7. The average Bonchev–Trinajstić information content (AvgIpc) is 3.07. The van der Waals surface area contributed by atoms with E-state index in [2.05, 4.69) is 0 Å². The smallest absolute Gasteiger partial charge is 0.431 e. The highest BCUT2D eigenvalue weighted by Crippen LogP contribution is 2.48. The van der Waals surface area contributed by atoms with Crippen molar-refractivity contribution in [2.24, 2.45) is 0 Å². The number of carbonyl (C=O) groups is 1. The number of piperidine rings is 1. The van der Waals surface area contributed by atoms with Gasteiger partial charge in [-0.3, -0.25) is 0 Å². The molecule has 162 valence electrons. The van der Waals surface area contributed by atoms with Crippen molar-refractivity contribution in [2.45, 2.75) is 51.0 Å². The van der Waals surface area contributed by atoms with E-state index in [0.717, 1.165) is 6.07 Å². The van der Waals surface area contributed by atoms with Crippen molar-refractivity contribution in [2.75, 3.05) is 13.1 Å². The van der Waals surface area contributed by atoms with E-state index in [1.807, 2.05) is 0 Å². The molecule has 1 aromatic carbocycles. The largest absolute Gasteiger partial charge is 0.479 e. The molecular weight excluding hydrogens is 421 g/mol. The normalized spacial score (nSPS) is 17.9. The van der Waals surface area contributed by atoms with Crippen LogP contribution in [0.4, 0.5) is 18.0 Å². The van der Waals surface area contributed by atoms with Crippen LogP contribution in [0.3, 0.4) is 0 Å². The maximum absolute atomic E-state index is 13.7. The fourth-order valence-electron chi connectivity index (χ4n) is 4.03. The first kappa shape index (κ1) is 20.9. The van der Waals surface area contributed by atoms with E-state index in [4.69, 9.17) is 21.1 Å². The summed E-state index contributed by atoms with van der Waals surface area (Å²) in [7, 11) is 0. The van der Waals surface area contributed by atoms with Crippen molar-refractivity contribution in [3.05, 3.63) is 46.7 Å². The molecule has 1 saturated heterocycles. The second-order valence-corrected chi connectivity index (χ2v) is 9.05. The van der Waals surface area contributed by atoms with Gasteiger partial charge in [0.2, 0.25) is 0 Å². The Morgan fingerprint density at radius 3 is 2.40 bits per heavy atom. The molecule has 1 amide bonds. The van der Waals surface area contributed by atoms with Crippen molar-refractivity contribution in [3.63, 3.8) is 0 Å². The number of nitrogens with zero attached hydrogens (tertiary/aromatic N) is 2. The molecule has 2 aliphatic rings. The van der Waals surface area contributed by atoms with Crippen molar-refractivity contribution in [1.82, 2.24) is 9.47 Å². The Labute approximate surface area is 177 Å². The molecule has 0 aliphatic carbocycles. The van der Waals surface area contributed by atoms with Crippen molar-refractivity contribution >= 4 is 17.7 Å². The van der Waals surface area contributed by atoms with Gasteiger partial charge in [-0.2, -0.15) is 13.2 Å². The number of alkyl halides is 3. The molecule has 0 saturated carbocycles. The Morgan fingerprint density at radius 2 is 1.80 bits per heavy atom.